The van der Waals surface area contributed by atoms with Crippen LogP contribution in [0.1, 0.15) is 6.92 Å². The summed E-state index contributed by atoms with van der Waals surface area (Å²) < 4.78 is 5.15. The molecule has 6 nitrogen and oxygen atoms in total. The Labute approximate surface area is 83.0 Å². The van der Waals surface area contributed by atoms with Gasteiger partial charge in [-0.25, -0.2) is 5.84 Å². The molecule has 0 aromatic rings. The lowest BCUT2D eigenvalue weighted by atomic mass is 10.2. The van der Waals surface area contributed by atoms with E-state index >= 15 is 0 Å². The fourth-order valence-corrected chi connectivity index (χ4v) is 1.45. The van der Waals surface area contributed by atoms with Gasteiger partial charge in [0.2, 0.25) is 0 Å². The van der Waals surface area contributed by atoms with Crippen LogP contribution >= 0.6 is 0 Å². The number of nitrogens with one attached hydrogen (secondary N) is 1. The highest BCUT2D eigenvalue weighted by Crippen LogP contribution is 2.05. The first-order valence-corrected chi connectivity index (χ1v) is 4.65. The van der Waals surface area contributed by atoms with Crippen molar-refractivity contribution in [3.63, 3.8) is 0 Å². The van der Waals surface area contributed by atoms with E-state index < -0.39 is 6.10 Å². The van der Waals surface area contributed by atoms with E-state index in [1.807, 2.05) is 4.90 Å². The zero-order valence-electron chi connectivity index (χ0n) is 8.27. The molecule has 1 heterocycles. The monoisotopic (exact) mass is 203 g/mol. The third-order valence-electron chi connectivity index (χ3n) is 2.35. The maximum absolute atomic E-state index is 11.2. The second kappa shape index (κ2) is 5.26. The summed E-state index contributed by atoms with van der Waals surface area (Å²) in [6, 6.07) is -0.337. The Morgan fingerprint density at radius 3 is 3.14 bits per heavy atom. The molecule has 0 radical (unpaired) electrons. The highest BCUT2D eigenvalue weighted by molar-refractivity contribution is 5.80. The first kappa shape index (κ1) is 11.4. The van der Waals surface area contributed by atoms with Crippen LogP contribution in [-0.4, -0.2) is 54.4 Å². The summed E-state index contributed by atoms with van der Waals surface area (Å²) in [6.07, 6.45) is -0.537. The smallest absolute Gasteiger partial charge is 0.250 e. The van der Waals surface area contributed by atoms with Gasteiger partial charge in [-0.2, -0.15) is 0 Å². The number of β-amino-alcohol motifs (C(OH)–C–C–N with tert-alkyl or cyclic N) is 1. The standard InChI is InChI=1S/C8H17N3O3/c1-6(8(13)10-9)11-2-3-14-5-7(12)4-11/h6-7,12H,2-5,9H2,1H3,(H,10,13). The van der Waals surface area contributed by atoms with Crippen molar-refractivity contribution in [1.82, 2.24) is 10.3 Å². The van der Waals surface area contributed by atoms with Crippen molar-refractivity contribution >= 4 is 5.91 Å². The van der Waals surface area contributed by atoms with Crippen molar-refractivity contribution < 1.29 is 14.6 Å². The van der Waals surface area contributed by atoms with Crippen molar-refractivity contribution in [2.24, 2.45) is 5.84 Å². The van der Waals surface area contributed by atoms with E-state index in [2.05, 4.69) is 5.43 Å². The van der Waals surface area contributed by atoms with Gasteiger partial charge in [-0.3, -0.25) is 15.1 Å². The fourth-order valence-electron chi connectivity index (χ4n) is 1.45. The molecule has 1 amide bonds. The van der Waals surface area contributed by atoms with Crippen molar-refractivity contribution in [2.45, 2.75) is 19.1 Å². The van der Waals surface area contributed by atoms with Crippen molar-refractivity contribution in [1.29, 1.82) is 0 Å². The van der Waals surface area contributed by atoms with E-state index in [1.54, 1.807) is 6.92 Å². The van der Waals surface area contributed by atoms with Gasteiger partial charge in [-0.1, -0.05) is 0 Å². The second-order valence-electron chi connectivity index (χ2n) is 3.41. The summed E-state index contributed by atoms with van der Waals surface area (Å²) in [5.41, 5.74) is 2.09. The number of ether oxygens (including phenoxy) is 1. The number of carbonyl (C=O) groups is 1. The zero-order valence-corrected chi connectivity index (χ0v) is 8.27. The van der Waals surface area contributed by atoms with Gasteiger partial charge in [0, 0.05) is 13.1 Å². The number of rotatable bonds is 2. The Balaban J connectivity index is 2.52. The van der Waals surface area contributed by atoms with Gasteiger partial charge in [0.15, 0.2) is 0 Å². The van der Waals surface area contributed by atoms with E-state index in [-0.39, 0.29) is 11.9 Å². The highest BCUT2D eigenvalue weighted by atomic mass is 16.5. The summed E-state index contributed by atoms with van der Waals surface area (Å²) in [6.45, 7) is 3.67. The molecule has 1 rings (SSSR count). The lowest BCUT2D eigenvalue weighted by molar-refractivity contribution is -0.126. The predicted molar refractivity (Wildman–Crippen MR) is 50.2 cm³/mol. The van der Waals surface area contributed by atoms with E-state index in [0.29, 0.717) is 26.3 Å². The maximum Gasteiger partial charge on any atom is 0.250 e. The minimum atomic E-state index is -0.537. The van der Waals surface area contributed by atoms with Crippen LogP contribution in [0.3, 0.4) is 0 Å². The number of hydrogen-bond donors (Lipinski definition) is 3. The van der Waals surface area contributed by atoms with Gasteiger partial charge in [-0.05, 0) is 6.92 Å². The normalized spacial score (nSPS) is 26.6. The van der Waals surface area contributed by atoms with Gasteiger partial charge in [0.25, 0.3) is 5.91 Å². The van der Waals surface area contributed by atoms with Crippen LogP contribution in [0, 0.1) is 0 Å². The summed E-state index contributed by atoms with van der Waals surface area (Å²) >= 11 is 0. The van der Waals surface area contributed by atoms with Crippen LogP contribution in [0.25, 0.3) is 0 Å². The highest BCUT2D eigenvalue weighted by Gasteiger charge is 2.24. The Morgan fingerprint density at radius 1 is 1.79 bits per heavy atom. The van der Waals surface area contributed by atoms with E-state index in [0.717, 1.165) is 0 Å². The predicted octanol–water partition coefficient (Wildman–Crippen LogP) is -1.94. The average molecular weight is 203 g/mol. The Morgan fingerprint density at radius 2 is 2.50 bits per heavy atom. The summed E-state index contributed by atoms with van der Waals surface area (Å²) in [4.78, 5) is 13.1. The Kier molecular flexibility index (Phi) is 4.27. The number of amides is 1. The van der Waals surface area contributed by atoms with Crippen LogP contribution in [0.4, 0.5) is 0 Å². The van der Waals surface area contributed by atoms with Crippen LogP contribution in [-0.2, 0) is 9.53 Å². The quantitative estimate of drug-likeness (QED) is 0.276. The molecule has 1 saturated heterocycles. The molecule has 0 spiro atoms. The van der Waals surface area contributed by atoms with Gasteiger partial charge in [-0.15, -0.1) is 0 Å². The van der Waals surface area contributed by atoms with Crippen molar-refractivity contribution in [2.75, 3.05) is 26.3 Å². The number of nitrogens with two attached hydrogens (primary N) is 1. The number of hydrazine groups is 1. The zero-order chi connectivity index (χ0) is 10.6. The van der Waals surface area contributed by atoms with Crippen LogP contribution < -0.4 is 11.3 Å². The Hall–Kier alpha value is -0.690. The second-order valence-corrected chi connectivity index (χ2v) is 3.41. The molecule has 1 aliphatic rings. The van der Waals surface area contributed by atoms with Gasteiger partial charge < -0.3 is 9.84 Å². The molecule has 0 aromatic carbocycles. The van der Waals surface area contributed by atoms with E-state index in [4.69, 9.17) is 10.6 Å². The first-order chi connectivity index (χ1) is 6.65. The minimum Gasteiger partial charge on any atom is -0.389 e. The third kappa shape index (κ3) is 2.91. The summed E-state index contributed by atoms with van der Waals surface area (Å²) in [5, 5.41) is 9.43. The number of aliphatic hydroxyl groups is 1. The lowest BCUT2D eigenvalue weighted by Gasteiger charge is -2.26. The topological polar surface area (TPSA) is 87.8 Å². The van der Waals surface area contributed by atoms with Gasteiger partial charge in [0.05, 0.1) is 25.4 Å². The molecule has 1 fully saturated rings. The number of carbonyl (C=O) groups excluding carboxylic acids is 1. The van der Waals surface area contributed by atoms with Crippen molar-refractivity contribution in [3.8, 4) is 0 Å². The molecule has 0 saturated carbocycles. The molecule has 0 bridgehead atoms. The molecule has 0 aromatic heterocycles. The van der Waals surface area contributed by atoms with Crippen LogP contribution in [0.2, 0.25) is 0 Å². The number of nitrogens with zero attached hydrogens (tertiary/aromatic N) is 1. The molecule has 4 N–H and O–H groups in total. The van der Waals surface area contributed by atoms with Crippen molar-refractivity contribution in [3.05, 3.63) is 0 Å². The average Bonchev–Trinajstić information content (AvgIpc) is 2.40. The fraction of sp³-hybridized carbons (Fsp3) is 0.875. The molecule has 14 heavy (non-hydrogen) atoms. The molecule has 0 aliphatic carbocycles. The van der Waals surface area contributed by atoms with E-state index in [9.17, 15) is 9.90 Å². The Bertz CT molecular complexity index is 200. The lowest BCUT2D eigenvalue weighted by Crippen LogP contribution is -2.49. The van der Waals surface area contributed by atoms with Crippen LogP contribution in [0.15, 0.2) is 0 Å². The summed E-state index contributed by atoms with van der Waals surface area (Å²) in [7, 11) is 0. The first-order valence-electron chi connectivity index (χ1n) is 4.65. The molecule has 6 heteroatoms. The van der Waals surface area contributed by atoms with Crippen LogP contribution in [0.5, 0.6) is 0 Å². The molecule has 2 atom stereocenters. The largest absolute Gasteiger partial charge is 0.389 e. The summed E-state index contributed by atoms with van der Waals surface area (Å²) in [5.74, 6) is 4.78. The van der Waals surface area contributed by atoms with Gasteiger partial charge >= 0.3 is 0 Å². The number of aliphatic hydroxyl groups excluding tert-OH is 1. The molecule has 82 valence electrons. The third-order valence-corrected chi connectivity index (χ3v) is 2.35. The number of hydrogen-bond acceptors (Lipinski definition) is 5. The molecule has 2 unspecified atom stereocenters. The SMILES string of the molecule is CC(C(=O)NN)N1CCOCC(O)C1. The molecular formula is C8H17N3O3. The van der Waals surface area contributed by atoms with E-state index in [1.165, 1.54) is 0 Å². The molecule has 1 aliphatic heterocycles. The minimum absolute atomic E-state index is 0.251. The maximum atomic E-state index is 11.2. The van der Waals surface area contributed by atoms with Gasteiger partial charge in [0.1, 0.15) is 0 Å². The molecular weight excluding hydrogens is 186 g/mol.